The molecule has 5 nitrogen and oxygen atoms in total. The number of phenolic OH excluding ortho intramolecular Hbond substituents is 1. The van der Waals surface area contributed by atoms with Crippen molar-refractivity contribution in [1.82, 2.24) is 4.72 Å². The van der Waals surface area contributed by atoms with Crippen molar-refractivity contribution in [2.24, 2.45) is 0 Å². The van der Waals surface area contributed by atoms with E-state index in [0.29, 0.717) is 0 Å². The van der Waals surface area contributed by atoms with E-state index < -0.39 is 21.9 Å². The minimum atomic E-state index is -3.87. The van der Waals surface area contributed by atoms with Gasteiger partial charge in [-0.05, 0) is 31.2 Å². The standard InChI is InChI=1S/C14H15FN2O3S/c1-9(11-4-2-3-5-12(11)15)17-21(19,20)10-6-7-14(18)13(16)8-10/h2-9,17-18H,16H2,1H3. The first-order valence-corrected chi connectivity index (χ1v) is 7.65. The van der Waals surface area contributed by atoms with Crippen LogP contribution >= 0.6 is 0 Å². The second-order valence-electron chi connectivity index (χ2n) is 4.59. The van der Waals surface area contributed by atoms with Crippen molar-refractivity contribution >= 4 is 15.7 Å². The molecule has 21 heavy (non-hydrogen) atoms. The van der Waals surface area contributed by atoms with Crippen molar-refractivity contribution in [3.63, 3.8) is 0 Å². The van der Waals surface area contributed by atoms with Crippen LogP contribution in [0.2, 0.25) is 0 Å². The molecule has 0 fully saturated rings. The molecule has 1 unspecified atom stereocenters. The number of nitrogens with one attached hydrogen (secondary N) is 1. The molecule has 0 heterocycles. The van der Waals surface area contributed by atoms with Crippen molar-refractivity contribution in [2.75, 3.05) is 5.73 Å². The summed E-state index contributed by atoms with van der Waals surface area (Å²) >= 11 is 0. The highest BCUT2D eigenvalue weighted by molar-refractivity contribution is 7.89. The van der Waals surface area contributed by atoms with Crippen LogP contribution in [-0.4, -0.2) is 13.5 Å². The summed E-state index contributed by atoms with van der Waals surface area (Å²) in [6, 6.07) is 8.74. The minimum absolute atomic E-state index is 0.0450. The number of benzene rings is 2. The van der Waals surface area contributed by atoms with Gasteiger partial charge in [-0.3, -0.25) is 0 Å². The topological polar surface area (TPSA) is 92.4 Å². The van der Waals surface area contributed by atoms with Crippen LogP contribution in [0.5, 0.6) is 5.75 Å². The molecule has 1 atom stereocenters. The molecule has 0 aliphatic carbocycles. The Labute approximate surface area is 122 Å². The third kappa shape index (κ3) is 3.32. The zero-order valence-corrected chi connectivity index (χ0v) is 12.1. The average molecular weight is 310 g/mol. The van der Waals surface area contributed by atoms with Gasteiger partial charge in [0.25, 0.3) is 0 Å². The smallest absolute Gasteiger partial charge is 0.241 e. The van der Waals surface area contributed by atoms with Gasteiger partial charge in [0.05, 0.1) is 10.6 Å². The van der Waals surface area contributed by atoms with Gasteiger partial charge >= 0.3 is 0 Å². The molecule has 112 valence electrons. The highest BCUT2D eigenvalue weighted by atomic mass is 32.2. The predicted molar refractivity (Wildman–Crippen MR) is 77.7 cm³/mol. The van der Waals surface area contributed by atoms with E-state index in [4.69, 9.17) is 5.73 Å². The summed E-state index contributed by atoms with van der Waals surface area (Å²) in [5.74, 6) is -0.686. The number of sulfonamides is 1. The zero-order valence-electron chi connectivity index (χ0n) is 11.2. The van der Waals surface area contributed by atoms with E-state index >= 15 is 0 Å². The largest absolute Gasteiger partial charge is 0.506 e. The molecular formula is C14H15FN2O3S. The lowest BCUT2D eigenvalue weighted by atomic mass is 10.1. The Bertz CT molecular complexity index is 763. The number of nitrogens with two attached hydrogens (primary N) is 1. The monoisotopic (exact) mass is 310 g/mol. The maximum Gasteiger partial charge on any atom is 0.241 e. The van der Waals surface area contributed by atoms with Gasteiger partial charge in [0.1, 0.15) is 11.6 Å². The molecule has 0 aliphatic heterocycles. The number of rotatable bonds is 4. The Balaban J connectivity index is 2.29. The van der Waals surface area contributed by atoms with Gasteiger partial charge in [0.15, 0.2) is 0 Å². The van der Waals surface area contributed by atoms with E-state index in [-0.39, 0.29) is 21.9 Å². The Kier molecular flexibility index (Phi) is 4.15. The molecule has 0 aromatic heterocycles. The highest BCUT2D eigenvalue weighted by Crippen LogP contribution is 2.25. The molecule has 0 saturated heterocycles. The fourth-order valence-corrected chi connectivity index (χ4v) is 3.15. The lowest BCUT2D eigenvalue weighted by Gasteiger charge is -2.15. The van der Waals surface area contributed by atoms with Crippen LogP contribution in [0.15, 0.2) is 47.4 Å². The van der Waals surface area contributed by atoms with Gasteiger partial charge in [0, 0.05) is 11.6 Å². The molecule has 0 aliphatic rings. The number of aromatic hydroxyl groups is 1. The number of phenols is 1. The number of anilines is 1. The van der Waals surface area contributed by atoms with Gasteiger partial charge in [-0.2, -0.15) is 0 Å². The summed E-state index contributed by atoms with van der Waals surface area (Å²) in [7, 11) is -3.87. The van der Waals surface area contributed by atoms with E-state index in [0.717, 1.165) is 6.07 Å². The fourth-order valence-electron chi connectivity index (χ4n) is 1.89. The fraction of sp³-hybridized carbons (Fsp3) is 0.143. The van der Waals surface area contributed by atoms with Crippen LogP contribution in [-0.2, 0) is 10.0 Å². The third-order valence-electron chi connectivity index (χ3n) is 3.01. The second-order valence-corrected chi connectivity index (χ2v) is 6.30. The summed E-state index contributed by atoms with van der Waals surface area (Å²) in [5, 5.41) is 9.32. The molecule has 0 spiro atoms. The molecular weight excluding hydrogens is 295 g/mol. The van der Waals surface area contributed by atoms with Crippen molar-refractivity contribution in [2.45, 2.75) is 17.9 Å². The van der Waals surface area contributed by atoms with Crippen molar-refractivity contribution < 1.29 is 17.9 Å². The molecule has 0 bridgehead atoms. The Hall–Kier alpha value is -2.12. The first-order chi connectivity index (χ1) is 9.81. The van der Waals surface area contributed by atoms with Crippen LogP contribution in [0.4, 0.5) is 10.1 Å². The molecule has 0 amide bonds. The number of halogens is 1. The van der Waals surface area contributed by atoms with Crippen molar-refractivity contribution in [1.29, 1.82) is 0 Å². The van der Waals surface area contributed by atoms with Gasteiger partial charge in [-0.25, -0.2) is 17.5 Å². The number of hydrogen-bond donors (Lipinski definition) is 3. The van der Waals surface area contributed by atoms with E-state index in [2.05, 4.69) is 4.72 Å². The lowest BCUT2D eigenvalue weighted by Crippen LogP contribution is -2.27. The number of nitrogen functional groups attached to an aromatic ring is 1. The summed E-state index contributed by atoms with van der Waals surface area (Å²) < 4.78 is 40.5. The van der Waals surface area contributed by atoms with E-state index in [1.165, 1.54) is 30.3 Å². The third-order valence-corrected chi connectivity index (χ3v) is 4.55. The molecule has 7 heteroatoms. The Morgan fingerprint density at radius 3 is 2.52 bits per heavy atom. The van der Waals surface area contributed by atoms with E-state index in [1.807, 2.05) is 0 Å². The van der Waals surface area contributed by atoms with E-state index in [9.17, 15) is 17.9 Å². The van der Waals surface area contributed by atoms with Crippen LogP contribution in [0.25, 0.3) is 0 Å². The van der Waals surface area contributed by atoms with Crippen LogP contribution in [0, 0.1) is 5.82 Å². The second kappa shape index (κ2) is 5.71. The molecule has 4 N–H and O–H groups in total. The normalized spacial score (nSPS) is 13.0. The molecule has 2 aromatic rings. The lowest BCUT2D eigenvalue weighted by molar-refractivity contribution is 0.477. The van der Waals surface area contributed by atoms with Crippen molar-refractivity contribution in [3.05, 3.63) is 53.8 Å². The summed E-state index contributed by atoms with van der Waals surface area (Å²) in [6.45, 7) is 1.54. The minimum Gasteiger partial charge on any atom is -0.506 e. The van der Waals surface area contributed by atoms with Gasteiger partial charge in [-0.1, -0.05) is 18.2 Å². The van der Waals surface area contributed by atoms with Gasteiger partial charge < -0.3 is 10.8 Å². The zero-order chi connectivity index (χ0) is 15.6. The van der Waals surface area contributed by atoms with Crippen LogP contribution in [0.1, 0.15) is 18.5 Å². The van der Waals surface area contributed by atoms with Gasteiger partial charge in [0.2, 0.25) is 10.0 Å². The Morgan fingerprint density at radius 1 is 1.24 bits per heavy atom. The predicted octanol–water partition coefficient (Wildman–Crippen LogP) is 2.15. The highest BCUT2D eigenvalue weighted by Gasteiger charge is 2.20. The quantitative estimate of drug-likeness (QED) is 0.596. The maximum atomic E-state index is 13.6. The molecule has 2 rings (SSSR count). The van der Waals surface area contributed by atoms with Crippen LogP contribution in [0.3, 0.4) is 0 Å². The molecule has 0 radical (unpaired) electrons. The summed E-state index contributed by atoms with van der Waals surface area (Å²) in [6.07, 6.45) is 0. The van der Waals surface area contributed by atoms with Crippen LogP contribution < -0.4 is 10.5 Å². The maximum absolute atomic E-state index is 13.6. The number of hydrogen-bond acceptors (Lipinski definition) is 4. The molecule has 0 saturated carbocycles. The van der Waals surface area contributed by atoms with Crippen molar-refractivity contribution in [3.8, 4) is 5.75 Å². The molecule has 2 aromatic carbocycles. The first-order valence-electron chi connectivity index (χ1n) is 6.16. The average Bonchev–Trinajstić information content (AvgIpc) is 2.41. The summed E-state index contributed by atoms with van der Waals surface area (Å²) in [5.41, 5.74) is 5.68. The first kappa shape index (κ1) is 15.3. The summed E-state index contributed by atoms with van der Waals surface area (Å²) in [4.78, 5) is -0.0963. The van der Waals surface area contributed by atoms with Gasteiger partial charge in [-0.15, -0.1) is 0 Å². The van der Waals surface area contributed by atoms with E-state index in [1.54, 1.807) is 13.0 Å². The SMILES string of the molecule is CC(NS(=O)(=O)c1ccc(O)c(N)c1)c1ccccc1F. The Morgan fingerprint density at radius 2 is 1.90 bits per heavy atom.